The van der Waals surface area contributed by atoms with Gasteiger partial charge in [0.1, 0.15) is 5.94 Å². The van der Waals surface area contributed by atoms with Gasteiger partial charge in [-0.1, -0.05) is 50.3 Å². The Balaban J connectivity index is 3.18. The highest BCUT2D eigenvalue weighted by Crippen LogP contribution is 2.38. The molecule has 0 radical (unpaired) electrons. The topological polar surface area (TPSA) is 105 Å². The number of esters is 2. The van der Waals surface area contributed by atoms with Crippen molar-refractivity contribution in [2.24, 2.45) is 5.41 Å². The Morgan fingerprint density at radius 2 is 1.47 bits per heavy atom. The van der Waals surface area contributed by atoms with Crippen molar-refractivity contribution in [2.45, 2.75) is 50.7 Å². The number of terminal acetylenes is 2. The molecule has 0 fully saturated rings. The molecule has 0 heterocycles. The molecule has 11 heteroatoms. The number of carbonyl (C=O) groups is 2. The van der Waals surface area contributed by atoms with Crippen LogP contribution in [0.25, 0.3) is 0 Å². The van der Waals surface area contributed by atoms with E-state index in [-0.39, 0.29) is 29.1 Å². The van der Waals surface area contributed by atoms with E-state index in [1.54, 1.807) is 12.1 Å². The Kier molecular flexibility index (Phi) is 11.7. The van der Waals surface area contributed by atoms with Crippen LogP contribution in [0.15, 0.2) is 29.2 Å². The van der Waals surface area contributed by atoms with Crippen molar-refractivity contribution in [3.8, 4) is 24.7 Å². The van der Waals surface area contributed by atoms with Crippen LogP contribution < -0.4 is 0 Å². The average Bonchev–Trinajstić information content (AvgIpc) is 2.80. The van der Waals surface area contributed by atoms with Crippen molar-refractivity contribution in [3.05, 3.63) is 29.8 Å². The Morgan fingerprint density at radius 1 is 0.972 bits per heavy atom. The van der Waals surface area contributed by atoms with Crippen LogP contribution in [0.5, 0.6) is 0 Å². The number of benzene rings is 1. The average molecular weight is 555 g/mol. The Bertz CT molecular complexity index is 1060. The van der Waals surface area contributed by atoms with Crippen LogP contribution in [0.4, 0.5) is 0 Å². The predicted molar refractivity (Wildman–Crippen MR) is 142 cm³/mol. The van der Waals surface area contributed by atoms with Gasteiger partial charge in [0.05, 0.1) is 18.1 Å². The third-order valence-corrected chi connectivity index (χ3v) is 13.5. The van der Waals surface area contributed by atoms with Crippen LogP contribution in [0.3, 0.4) is 0 Å². The largest absolute Gasteiger partial charge is 0.452 e. The van der Waals surface area contributed by atoms with Gasteiger partial charge in [0, 0.05) is 10.8 Å². The van der Waals surface area contributed by atoms with Crippen molar-refractivity contribution in [1.29, 1.82) is 0 Å². The second-order valence-corrected chi connectivity index (χ2v) is 18.2. The molecule has 0 atom stereocenters. The standard InChI is InChI=1S/C25H34O8S2Si/c1-9-15-31-22(26)25(23(27)32-16-10-2,18-33-36(7,8)24(4,5)6)17-30-19-34-35(28,29)21-13-11-20(3)12-14-21/h1-2,11-14H,15-19H2,3-8H3. The van der Waals surface area contributed by atoms with Gasteiger partial charge in [0.2, 0.25) is 14.3 Å². The summed E-state index contributed by atoms with van der Waals surface area (Å²) >= 11 is 0. The first-order valence-electron chi connectivity index (χ1n) is 11.0. The van der Waals surface area contributed by atoms with E-state index in [0.717, 1.165) is 5.56 Å². The summed E-state index contributed by atoms with van der Waals surface area (Å²) in [5.41, 5.74) is -1.14. The van der Waals surface area contributed by atoms with Crippen molar-refractivity contribution < 1.29 is 36.6 Å². The van der Waals surface area contributed by atoms with Crippen molar-refractivity contribution in [1.82, 2.24) is 0 Å². The third kappa shape index (κ3) is 8.68. The van der Waals surface area contributed by atoms with Crippen LogP contribution >= 0.6 is 10.8 Å². The molecule has 0 saturated heterocycles. The number of hydrogen-bond donors (Lipinski definition) is 0. The Morgan fingerprint density at radius 3 is 1.92 bits per heavy atom. The van der Waals surface area contributed by atoms with Crippen LogP contribution in [-0.4, -0.2) is 61.0 Å². The monoisotopic (exact) mass is 554 g/mol. The highest BCUT2D eigenvalue weighted by molar-refractivity contribution is 8.72. The zero-order valence-corrected chi connectivity index (χ0v) is 24.2. The molecule has 0 bridgehead atoms. The van der Waals surface area contributed by atoms with E-state index < -0.39 is 47.8 Å². The molecule has 0 aliphatic heterocycles. The van der Waals surface area contributed by atoms with Gasteiger partial charge < -0.3 is 18.6 Å². The number of hydrogen-bond acceptors (Lipinski definition) is 9. The molecule has 36 heavy (non-hydrogen) atoms. The molecule has 0 amide bonds. The minimum Gasteiger partial charge on any atom is -0.452 e. The summed E-state index contributed by atoms with van der Waals surface area (Å²) in [7, 11) is -5.67. The molecule has 8 nitrogen and oxygen atoms in total. The fourth-order valence-corrected chi connectivity index (χ4v) is 5.71. The van der Waals surface area contributed by atoms with Gasteiger partial charge in [-0.3, -0.25) is 9.59 Å². The molecule has 198 valence electrons. The zero-order chi connectivity index (χ0) is 27.6. The quantitative estimate of drug-likeness (QED) is 0.0685. The molecular weight excluding hydrogens is 520 g/mol. The molecule has 1 aromatic carbocycles. The lowest BCUT2D eigenvalue weighted by atomic mass is 9.90. The van der Waals surface area contributed by atoms with Gasteiger partial charge in [-0.25, -0.2) is 8.42 Å². The molecular formula is C25H34O8S2Si. The number of rotatable bonds is 13. The molecule has 0 aliphatic rings. The first kappa shape index (κ1) is 31.7. The number of aryl methyl sites for hydroxylation is 1. The summed E-state index contributed by atoms with van der Waals surface area (Å²) in [6.45, 7) is 9.97. The van der Waals surface area contributed by atoms with Gasteiger partial charge in [0.15, 0.2) is 21.5 Å². The fourth-order valence-electron chi connectivity index (χ4n) is 2.46. The minimum atomic E-state index is -3.74. The van der Waals surface area contributed by atoms with Gasteiger partial charge in [-0.05, 0) is 37.2 Å². The second-order valence-electron chi connectivity index (χ2n) is 9.54. The maximum absolute atomic E-state index is 13.1. The van der Waals surface area contributed by atoms with E-state index in [0.29, 0.717) is 10.8 Å². The van der Waals surface area contributed by atoms with Crippen molar-refractivity contribution in [3.63, 3.8) is 0 Å². The zero-order valence-electron chi connectivity index (χ0n) is 21.6. The maximum Gasteiger partial charge on any atom is 0.329 e. The first-order chi connectivity index (χ1) is 16.6. The van der Waals surface area contributed by atoms with Gasteiger partial charge in [-0.15, -0.1) is 12.8 Å². The second kappa shape index (κ2) is 13.3. The van der Waals surface area contributed by atoms with E-state index in [2.05, 4.69) is 11.8 Å². The van der Waals surface area contributed by atoms with E-state index >= 15 is 0 Å². The minimum absolute atomic E-state index is 0.107. The lowest BCUT2D eigenvalue weighted by molar-refractivity contribution is -0.178. The normalized spacial score (nSPS) is 12.3. The van der Waals surface area contributed by atoms with E-state index in [4.69, 9.17) is 31.5 Å². The fraction of sp³-hybridized carbons (Fsp3) is 0.520. The van der Waals surface area contributed by atoms with Crippen LogP contribution in [0, 0.1) is 37.0 Å². The van der Waals surface area contributed by atoms with E-state index in [9.17, 15) is 18.0 Å². The van der Waals surface area contributed by atoms with Crippen molar-refractivity contribution >= 4 is 39.9 Å². The molecule has 0 unspecified atom stereocenters. The molecule has 0 N–H and O–H groups in total. The predicted octanol–water partition coefficient (Wildman–Crippen LogP) is 3.75. The molecule has 1 aromatic rings. The van der Waals surface area contributed by atoms with Gasteiger partial charge in [0.25, 0.3) is 0 Å². The van der Waals surface area contributed by atoms with Crippen molar-refractivity contribution in [2.75, 3.05) is 32.4 Å². The summed E-state index contributed by atoms with van der Waals surface area (Å²) < 4.78 is 47.1. The van der Waals surface area contributed by atoms with Gasteiger partial charge >= 0.3 is 11.9 Å². The highest BCUT2D eigenvalue weighted by Gasteiger charge is 2.52. The Hall–Kier alpha value is -2.28. The van der Waals surface area contributed by atoms with Crippen LogP contribution in [-0.2, 0) is 37.1 Å². The van der Waals surface area contributed by atoms with Gasteiger partial charge in [-0.2, -0.15) is 0 Å². The molecule has 0 spiro atoms. The SMILES string of the molecule is C#CCOC(=O)C(COCSS(=O)(=O)c1ccc(C)cc1)(CO[Si](C)(C)C(C)(C)C)C(=O)OCC#C. The summed E-state index contributed by atoms with van der Waals surface area (Å²) in [6, 6.07) is 6.34. The van der Waals surface area contributed by atoms with Crippen LogP contribution in [0.2, 0.25) is 18.1 Å². The molecule has 0 aliphatic carbocycles. The summed E-state index contributed by atoms with van der Waals surface area (Å²) in [6.07, 6.45) is 10.4. The third-order valence-electron chi connectivity index (χ3n) is 5.78. The Labute approximate surface area is 219 Å². The lowest BCUT2D eigenvalue weighted by Crippen LogP contribution is -2.53. The summed E-state index contributed by atoms with van der Waals surface area (Å²) in [4.78, 5) is 26.3. The maximum atomic E-state index is 13.1. The number of ether oxygens (including phenoxy) is 3. The first-order valence-corrected chi connectivity index (χ1v) is 16.9. The molecule has 0 saturated carbocycles. The summed E-state index contributed by atoms with van der Waals surface area (Å²) in [5.74, 6) is 1.96. The lowest BCUT2D eigenvalue weighted by Gasteiger charge is -2.39. The van der Waals surface area contributed by atoms with E-state index in [1.165, 1.54) is 12.1 Å². The molecule has 1 rings (SSSR count). The smallest absolute Gasteiger partial charge is 0.329 e. The molecule has 0 aromatic heterocycles. The van der Waals surface area contributed by atoms with E-state index in [1.807, 2.05) is 40.8 Å². The highest BCUT2D eigenvalue weighted by atomic mass is 33.1. The number of carbonyl (C=O) groups excluding carboxylic acids is 2. The van der Waals surface area contributed by atoms with Crippen LogP contribution in [0.1, 0.15) is 26.3 Å². The summed E-state index contributed by atoms with van der Waals surface area (Å²) in [5, 5.41) is -0.233.